The Morgan fingerprint density at radius 2 is 1.96 bits per heavy atom. The molecular weight excluding hydrogens is 293 g/mol. The first-order chi connectivity index (χ1) is 11.1. The molecule has 0 bridgehead atoms. The van der Waals surface area contributed by atoms with E-state index in [4.69, 9.17) is 0 Å². The molecular formula is C18H20FN3O. The number of piperazine rings is 1. The lowest BCUT2D eigenvalue weighted by molar-refractivity contribution is 0.102. The van der Waals surface area contributed by atoms with E-state index in [1.165, 1.54) is 12.1 Å². The number of hydrogen-bond acceptors (Lipinski definition) is 3. The monoisotopic (exact) mass is 313 g/mol. The second-order valence-electron chi connectivity index (χ2n) is 5.76. The fourth-order valence-corrected chi connectivity index (χ4v) is 2.77. The number of amides is 1. The molecule has 1 aliphatic rings. The number of carbonyl (C=O) groups excluding carboxylic acids is 1. The minimum atomic E-state index is -0.367. The lowest BCUT2D eigenvalue weighted by Crippen LogP contribution is -2.43. The smallest absolute Gasteiger partial charge is 0.255 e. The van der Waals surface area contributed by atoms with Gasteiger partial charge in [-0.2, -0.15) is 0 Å². The van der Waals surface area contributed by atoms with Gasteiger partial charge in [0.1, 0.15) is 5.82 Å². The molecule has 1 aliphatic heterocycles. The maximum absolute atomic E-state index is 13.2. The largest absolute Gasteiger partial charge is 0.369 e. The third-order valence-electron chi connectivity index (χ3n) is 3.89. The van der Waals surface area contributed by atoms with Gasteiger partial charge in [-0.3, -0.25) is 4.79 Å². The van der Waals surface area contributed by atoms with E-state index < -0.39 is 0 Å². The van der Waals surface area contributed by atoms with E-state index in [9.17, 15) is 9.18 Å². The summed E-state index contributed by atoms with van der Waals surface area (Å²) in [5.74, 6) is -0.593. The Kier molecular flexibility index (Phi) is 4.57. The van der Waals surface area contributed by atoms with E-state index in [1.807, 2.05) is 19.1 Å². The lowest BCUT2D eigenvalue weighted by atomic mass is 10.1. The van der Waals surface area contributed by atoms with Gasteiger partial charge in [0.25, 0.3) is 5.91 Å². The van der Waals surface area contributed by atoms with Crippen LogP contribution >= 0.6 is 0 Å². The predicted molar refractivity (Wildman–Crippen MR) is 90.6 cm³/mol. The molecule has 2 aromatic rings. The Hall–Kier alpha value is -2.40. The Balaban J connectivity index is 1.81. The molecule has 0 saturated carbocycles. The number of nitrogens with one attached hydrogen (secondary N) is 2. The highest BCUT2D eigenvalue weighted by Gasteiger charge is 2.14. The van der Waals surface area contributed by atoms with E-state index >= 15 is 0 Å². The van der Waals surface area contributed by atoms with Gasteiger partial charge in [-0.1, -0.05) is 6.07 Å². The molecule has 0 spiro atoms. The van der Waals surface area contributed by atoms with Crippen LogP contribution in [-0.4, -0.2) is 32.1 Å². The number of halogens is 1. The topological polar surface area (TPSA) is 44.4 Å². The van der Waals surface area contributed by atoms with Crippen molar-refractivity contribution in [2.24, 2.45) is 0 Å². The summed E-state index contributed by atoms with van der Waals surface area (Å²) in [5, 5.41) is 6.06. The van der Waals surface area contributed by atoms with Crippen molar-refractivity contribution in [2.75, 3.05) is 36.4 Å². The van der Waals surface area contributed by atoms with Crippen molar-refractivity contribution in [1.82, 2.24) is 5.32 Å². The minimum absolute atomic E-state index is 0.226. The maximum Gasteiger partial charge on any atom is 0.255 e. The van der Waals surface area contributed by atoms with Gasteiger partial charge in [0.2, 0.25) is 0 Å². The van der Waals surface area contributed by atoms with Crippen molar-refractivity contribution in [2.45, 2.75) is 6.92 Å². The summed E-state index contributed by atoms with van der Waals surface area (Å²) < 4.78 is 13.2. The first kappa shape index (κ1) is 15.5. The summed E-state index contributed by atoms with van der Waals surface area (Å²) in [6.07, 6.45) is 0. The van der Waals surface area contributed by atoms with Crippen LogP contribution in [0.15, 0.2) is 42.5 Å². The second-order valence-corrected chi connectivity index (χ2v) is 5.76. The molecule has 2 N–H and O–H groups in total. The van der Waals surface area contributed by atoms with E-state index in [1.54, 1.807) is 12.1 Å². The number of anilines is 2. The second kappa shape index (κ2) is 6.79. The van der Waals surface area contributed by atoms with Gasteiger partial charge in [-0.05, 0) is 48.9 Å². The van der Waals surface area contributed by atoms with E-state index in [0.29, 0.717) is 11.3 Å². The first-order valence-electron chi connectivity index (χ1n) is 7.76. The molecule has 120 valence electrons. The Morgan fingerprint density at radius 3 is 2.70 bits per heavy atom. The van der Waals surface area contributed by atoms with Gasteiger partial charge in [0.15, 0.2) is 0 Å². The molecule has 0 atom stereocenters. The fraction of sp³-hybridized carbons (Fsp3) is 0.278. The zero-order valence-corrected chi connectivity index (χ0v) is 13.1. The normalized spacial score (nSPS) is 14.6. The molecule has 3 rings (SSSR count). The van der Waals surface area contributed by atoms with Gasteiger partial charge < -0.3 is 15.5 Å². The zero-order valence-electron chi connectivity index (χ0n) is 13.1. The van der Waals surface area contributed by atoms with Crippen molar-refractivity contribution in [3.8, 4) is 0 Å². The maximum atomic E-state index is 13.2. The number of nitrogens with zero attached hydrogens (tertiary/aromatic N) is 1. The highest BCUT2D eigenvalue weighted by Crippen LogP contribution is 2.21. The van der Waals surface area contributed by atoms with Crippen LogP contribution in [0.2, 0.25) is 0 Å². The van der Waals surface area contributed by atoms with Crippen LogP contribution in [-0.2, 0) is 0 Å². The minimum Gasteiger partial charge on any atom is -0.369 e. The average Bonchev–Trinajstić information content (AvgIpc) is 2.55. The number of carbonyl (C=O) groups is 1. The van der Waals surface area contributed by atoms with Crippen LogP contribution in [0.3, 0.4) is 0 Å². The summed E-state index contributed by atoms with van der Waals surface area (Å²) >= 11 is 0. The molecule has 1 amide bonds. The molecule has 23 heavy (non-hydrogen) atoms. The molecule has 1 saturated heterocycles. The summed E-state index contributed by atoms with van der Waals surface area (Å²) in [5.41, 5.74) is 3.13. The van der Waals surface area contributed by atoms with E-state index in [-0.39, 0.29) is 11.7 Å². The fourth-order valence-electron chi connectivity index (χ4n) is 2.77. The number of aryl methyl sites for hydroxylation is 1. The molecule has 1 heterocycles. The molecule has 2 aromatic carbocycles. The summed E-state index contributed by atoms with van der Waals surface area (Å²) in [6, 6.07) is 11.7. The van der Waals surface area contributed by atoms with Crippen molar-refractivity contribution < 1.29 is 9.18 Å². The summed E-state index contributed by atoms with van der Waals surface area (Å²) in [6.45, 7) is 5.71. The van der Waals surface area contributed by atoms with Gasteiger partial charge in [0, 0.05) is 43.1 Å². The summed E-state index contributed by atoms with van der Waals surface area (Å²) in [7, 11) is 0. The van der Waals surface area contributed by atoms with Crippen molar-refractivity contribution >= 4 is 17.3 Å². The zero-order chi connectivity index (χ0) is 16.2. The van der Waals surface area contributed by atoms with Crippen LogP contribution in [0.4, 0.5) is 15.8 Å². The molecule has 1 fully saturated rings. The number of benzene rings is 2. The van der Waals surface area contributed by atoms with Gasteiger partial charge in [-0.25, -0.2) is 4.39 Å². The summed E-state index contributed by atoms with van der Waals surface area (Å²) in [4.78, 5) is 14.7. The van der Waals surface area contributed by atoms with Gasteiger partial charge in [0.05, 0.1) is 0 Å². The molecule has 0 radical (unpaired) electrons. The van der Waals surface area contributed by atoms with Gasteiger partial charge >= 0.3 is 0 Å². The third kappa shape index (κ3) is 3.87. The van der Waals surface area contributed by atoms with Crippen LogP contribution in [0, 0.1) is 12.7 Å². The SMILES string of the molecule is Cc1cc(C(=O)Nc2cccc(F)c2)cc(N2CCNCC2)c1. The van der Waals surface area contributed by atoms with Crippen molar-refractivity contribution in [1.29, 1.82) is 0 Å². The van der Waals surface area contributed by atoms with Crippen molar-refractivity contribution in [3.63, 3.8) is 0 Å². The van der Waals surface area contributed by atoms with Crippen molar-refractivity contribution in [3.05, 3.63) is 59.4 Å². The van der Waals surface area contributed by atoms with Crippen LogP contribution in [0.5, 0.6) is 0 Å². The lowest BCUT2D eigenvalue weighted by Gasteiger charge is -2.30. The Bertz CT molecular complexity index is 711. The number of rotatable bonds is 3. The molecule has 0 unspecified atom stereocenters. The molecule has 0 aromatic heterocycles. The predicted octanol–water partition coefficient (Wildman–Crippen LogP) is 2.80. The van der Waals surface area contributed by atoms with Crippen LogP contribution < -0.4 is 15.5 Å². The van der Waals surface area contributed by atoms with E-state index in [0.717, 1.165) is 37.4 Å². The van der Waals surface area contributed by atoms with Gasteiger partial charge in [-0.15, -0.1) is 0 Å². The standard InChI is InChI=1S/C18H20FN3O/c1-13-9-14(11-17(10-13)22-7-5-20-6-8-22)18(23)21-16-4-2-3-15(19)12-16/h2-4,9-12,20H,5-8H2,1H3,(H,21,23). The highest BCUT2D eigenvalue weighted by molar-refractivity contribution is 6.05. The van der Waals surface area contributed by atoms with Crippen LogP contribution in [0.25, 0.3) is 0 Å². The molecule has 0 aliphatic carbocycles. The average molecular weight is 313 g/mol. The molecule has 4 nitrogen and oxygen atoms in total. The highest BCUT2D eigenvalue weighted by atomic mass is 19.1. The molecule has 5 heteroatoms. The van der Waals surface area contributed by atoms with Crippen LogP contribution in [0.1, 0.15) is 15.9 Å². The third-order valence-corrected chi connectivity index (χ3v) is 3.89. The quantitative estimate of drug-likeness (QED) is 0.916. The Labute approximate surface area is 135 Å². The first-order valence-corrected chi connectivity index (χ1v) is 7.76. The Morgan fingerprint density at radius 1 is 1.17 bits per heavy atom. The number of hydrogen-bond donors (Lipinski definition) is 2. The van der Waals surface area contributed by atoms with E-state index in [2.05, 4.69) is 21.6 Å².